The van der Waals surface area contributed by atoms with Crippen LogP contribution in [-0.2, 0) is 16.4 Å². The van der Waals surface area contributed by atoms with Gasteiger partial charge in [-0.3, -0.25) is 0 Å². The Hall–Kier alpha value is -0.830. The molecule has 0 saturated heterocycles. The number of halogens is 1. The minimum Gasteiger partial charge on any atom is -0.357 e. The Labute approximate surface area is 187 Å². The minimum atomic E-state index is -3.17. The van der Waals surface area contributed by atoms with Gasteiger partial charge in [0.1, 0.15) is 0 Å². The van der Waals surface area contributed by atoms with Crippen LogP contribution < -0.4 is 10.6 Å². The Balaban J connectivity index is 0.00000280. The molecule has 2 saturated carbocycles. The zero-order chi connectivity index (χ0) is 19.4. The number of benzene rings is 1. The molecule has 2 aliphatic rings. The van der Waals surface area contributed by atoms with Gasteiger partial charge >= 0.3 is 0 Å². The lowest BCUT2D eigenvalue weighted by atomic mass is 9.86. The molecule has 1 aromatic rings. The summed E-state index contributed by atoms with van der Waals surface area (Å²) in [6, 6.07) is 5.45. The molecule has 0 aromatic heterocycles. The van der Waals surface area contributed by atoms with Crippen LogP contribution >= 0.6 is 24.0 Å². The van der Waals surface area contributed by atoms with Gasteiger partial charge in [-0.15, -0.1) is 24.0 Å². The third-order valence-corrected chi connectivity index (χ3v) is 7.35. The maximum Gasteiger partial charge on any atom is 0.191 e. The molecule has 0 heterocycles. The molecule has 0 aliphatic heterocycles. The summed E-state index contributed by atoms with van der Waals surface area (Å²) in [5, 5.41) is 6.78. The van der Waals surface area contributed by atoms with E-state index in [1.165, 1.54) is 38.4 Å². The van der Waals surface area contributed by atoms with Gasteiger partial charge in [0.2, 0.25) is 0 Å². The molecule has 2 N–H and O–H groups in total. The molecule has 3 unspecified atom stereocenters. The molecule has 1 aromatic carbocycles. The number of sulfone groups is 1. The number of nitrogens with zero attached hydrogens (tertiary/aromatic N) is 1. The lowest BCUT2D eigenvalue weighted by Crippen LogP contribution is -2.38. The molecule has 0 radical (unpaired) electrons. The lowest BCUT2D eigenvalue weighted by Gasteiger charge is -2.22. The number of hydrogen-bond donors (Lipinski definition) is 2. The highest BCUT2D eigenvalue weighted by Gasteiger charge is 2.38. The van der Waals surface area contributed by atoms with Crippen LogP contribution in [0.2, 0.25) is 0 Å². The van der Waals surface area contributed by atoms with Gasteiger partial charge in [-0.2, -0.15) is 0 Å². The van der Waals surface area contributed by atoms with Gasteiger partial charge in [-0.05, 0) is 74.5 Å². The highest BCUT2D eigenvalue weighted by Crippen LogP contribution is 2.49. The van der Waals surface area contributed by atoms with E-state index in [0.29, 0.717) is 11.4 Å². The fourth-order valence-electron chi connectivity index (χ4n) is 4.84. The third-order valence-electron chi connectivity index (χ3n) is 6.09. The summed E-state index contributed by atoms with van der Waals surface area (Å²) >= 11 is 0. The quantitative estimate of drug-likeness (QED) is 0.326. The van der Waals surface area contributed by atoms with Crippen LogP contribution in [0.5, 0.6) is 0 Å². The number of rotatable bonds is 7. The average Bonchev–Trinajstić information content (AvgIpc) is 3.21. The average molecular weight is 519 g/mol. The summed E-state index contributed by atoms with van der Waals surface area (Å²) in [7, 11) is -3.17. The third kappa shape index (κ3) is 6.08. The Kier molecular flexibility index (Phi) is 8.60. The number of fused-ring (bicyclic) bond motifs is 2. The molecule has 28 heavy (non-hydrogen) atoms. The fourth-order valence-corrected chi connectivity index (χ4v) is 5.80. The molecule has 2 bridgehead atoms. The maximum absolute atomic E-state index is 11.7. The van der Waals surface area contributed by atoms with Crippen molar-refractivity contribution in [3.63, 3.8) is 0 Å². The predicted molar refractivity (Wildman–Crippen MR) is 126 cm³/mol. The number of guanidine groups is 1. The van der Waals surface area contributed by atoms with Crippen molar-refractivity contribution in [2.75, 3.05) is 19.3 Å². The number of aliphatic imine (C=N–C) groups is 1. The first kappa shape index (κ1) is 23.4. The Bertz CT molecular complexity index is 795. The topological polar surface area (TPSA) is 70.6 Å². The van der Waals surface area contributed by atoms with Crippen LogP contribution in [-0.4, -0.2) is 33.7 Å². The Morgan fingerprint density at radius 3 is 2.57 bits per heavy atom. The predicted octanol–water partition coefficient (Wildman–Crippen LogP) is 3.90. The number of hydrogen-bond acceptors (Lipinski definition) is 3. The number of aryl methyl sites for hydroxylation is 1. The van der Waals surface area contributed by atoms with Crippen LogP contribution in [0, 0.1) is 24.7 Å². The van der Waals surface area contributed by atoms with Crippen LogP contribution in [0.3, 0.4) is 0 Å². The summed E-state index contributed by atoms with van der Waals surface area (Å²) < 4.78 is 23.5. The zero-order valence-corrected chi connectivity index (χ0v) is 20.3. The summed E-state index contributed by atoms with van der Waals surface area (Å²) in [5.41, 5.74) is 1.80. The van der Waals surface area contributed by atoms with E-state index in [2.05, 4.69) is 22.5 Å². The molecule has 7 heteroatoms. The lowest BCUT2D eigenvalue weighted by molar-refractivity contribution is 0.315. The molecule has 3 atom stereocenters. The SMILES string of the molecule is CCNC(=NCc1ccc(S(C)(=O)=O)c(C)c1)NCCC1CC2CCC1C2.I. The van der Waals surface area contributed by atoms with E-state index in [0.717, 1.165) is 47.9 Å². The van der Waals surface area contributed by atoms with Crippen LogP contribution in [0.15, 0.2) is 28.1 Å². The zero-order valence-electron chi connectivity index (χ0n) is 17.2. The first-order valence-corrected chi connectivity index (χ1v) is 12.1. The molecule has 158 valence electrons. The molecule has 2 fully saturated rings. The van der Waals surface area contributed by atoms with Crippen molar-refractivity contribution < 1.29 is 8.42 Å². The number of nitrogens with one attached hydrogen (secondary N) is 2. The Morgan fingerprint density at radius 1 is 1.21 bits per heavy atom. The van der Waals surface area contributed by atoms with Gasteiger partial charge in [0.25, 0.3) is 0 Å². The van der Waals surface area contributed by atoms with E-state index < -0.39 is 9.84 Å². The molecule has 5 nitrogen and oxygen atoms in total. The summed E-state index contributed by atoms with van der Waals surface area (Å²) in [6.45, 7) is 6.23. The van der Waals surface area contributed by atoms with E-state index in [1.807, 2.05) is 19.1 Å². The van der Waals surface area contributed by atoms with Crippen molar-refractivity contribution in [3.8, 4) is 0 Å². The second kappa shape index (κ2) is 10.3. The van der Waals surface area contributed by atoms with Gasteiger partial charge in [0.15, 0.2) is 15.8 Å². The van der Waals surface area contributed by atoms with E-state index in [4.69, 9.17) is 0 Å². The standard InChI is InChI=1S/C21H33N3O2S.HI/c1-4-22-21(23-10-9-19-13-16-5-7-18(19)12-16)24-14-17-6-8-20(15(2)11-17)27(3,25)26;/h6,8,11,16,18-19H,4-5,7,9-10,12-14H2,1-3H3,(H2,22,23,24);1H. The van der Waals surface area contributed by atoms with Gasteiger partial charge in [0.05, 0.1) is 11.4 Å². The van der Waals surface area contributed by atoms with E-state index in [9.17, 15) is 8.42 Å². The van der Waals surface area contributed by atoms with Crippen molar-refractivity contribution in [3.05, 3.63) is 29.3 Å². The first-order chi connectivity index (χ1) is 12.9. The molecular formula is C21H34IN3O2S. The van der Waals surface area contributed by atoms with E-state index >= 15 is 0 Å². The van der Waals surface area contributed by atoms with Gasteiger partial charge in [-0.1, -0.05) is 18.6 Å². The molecule has 0 amide bonds. The van der Waals surface area contributed by atoms with Gasteiger partial charge in [0, 0.05) is 19.3 Å². The highest BCUT2D eigenvalue weighted by atomic mass is 127. The normalized spacial score (nSPS) is 24.1. The van der Waals surface area contributed by atoms with Crippen molar-refractivity contribution >= 4 is 39.8 Å². The monoisotopic (exact) mass is 519 g/mol. The maximum atomic E-state index is 11.7. The first-order valence-electron chi connectivity index (χ1n) is 10.2. The second-order valence-electron chi connectivity index (χ2n) is 8.22. The van der Waals surface area contributed by atoms with Crippen molar-refractivity contribution in [2.45, 2.75) is 57.4 Å². The minimum absolute atomic E-state index is 0. The molecule has 2 aliphatic carbocycles. The van der Waals surface area contributed by atoms with Crippen LogP contribution in [0.25, 0.3) is 0 Å². The molecule has 3 rings (SSSR count). The fraction of sp³-hybridized carbons (Fsp3) is 0.667. The molecule has 0 spiro atoms. The van der Waals surface area contributed by atoms with Crippen molar-refractivity contribution in [2.24, 2.45) is 22.7 Å². The second-order valence-corrected chi connectivity index (χ2v) is 10.2. The van der Waals surface area contributed by atoms with E-state index in [1.54, 1.807) is 6.07 Å². The largest absolute Gasteiger partial charge is 0.357 e. The summed E-state index contributed by atoms with van der Waals surface area (Å²) in [5.74, 6) is 3.70. The molecular weight excluding hydrogens is 485 g/mol. The van der Waals surface area contributed by atoms with Crippen molar-refractivity contribution in [1.29, 1.82) is 0 Å². The van der Waals surface area contributed by atoms with E-state index in [-0.39, 0.29) is 24.0 Å². The van der Waals surface area contributed by atoms with Crippen molar-refractivity contribution in [1.82, 2.24) is 10.6 Å². The van der Waals surface area contributed by atoms with Crippen LogP contribution in [0.4, 0.5) is 0 Å². The highest BCUT2D eigenvalue weighted by molar-refractivity contribution is 14.0. The van der Waals surface area contributed by atoms with Crippen LogP contribution in [0.1, 0.15) is 50.2 Å². The summed E-state index contributed by atoms with van der Waals surface area (Å²) in [4.78, 5) is 5.07. The Morgan fingerprint density at radius 2 is 2.00 bits per heavy atom. The summed E-state index contributed by atoms with van der Waals surface area (Å²) in [6.07, 6.45) is 8.25. The smallest absolute Gasteiger partial charge is 0.191 e. The van der Waals surface area contributed by atoms with Gasteiger partial charge in [-0.25, -0.2) is 13.4 Å². The van der Waals surface area contributed by atoms with Gasteiger partial charge < -0.3 is 10.6 Å².